The highest BCUT2D eigenvalue weighted by atomic mass is 15.4. The quantitative estimate of drug-likeness (QED) is 0.734. The van der Waals surface area contributed by atoms with Crippen LogP contribution in [0.5, 0.6) is 0 Å². The SMILES string of the molecule is CC(C)n1nnc2c1CCC2CN. The predicted octanol–water partition coefficient (Wildman–Crippen LogP) is 0.847. The van der Waals surface area contributed by atoms with Crippen molar-refractivity contribution in [2.45, 2.75) is 38.6 Å². The molecule has 4 heteroatoms. The second-order valence-corrected chi connectivity index (χ2v) is 3.93. The summed E-state index contributed by atoms with van der Waals surface area (Å²) in [6, 6.07) is 0.410. The van der Waals surface area contributed by atoms with E-state index in [0.717, 1.165) is 18.5 Å². The van der Waals surface area contributed by atoms with E-state index in [2.05, 4.69) is 24.2 Å². The molecule has 2 N–H and O–H groups in total. The molecule has 1 aromatic rings. The Bertz CT molecular complexity index is 303. The van der Waals surface area contributed by atoms with E-state index in [4.69, 9.17) is 5.73 Å². The van der Waals surface area contributed by atoms with Crippen molar-refractivity contribution in [3.63, 3.8) is 0 Å². The Labute approximate surface area is 78.1 Å². The van der Waals surface area contributed by atoms with Crippen LogP contribution in [0.25, 0.3) is 0 Å². The van der Waals surface area contributed by atoms with Gasteiger partial charge in [-0.2, -0.15) is 0 Å². The molecule has 72 valence electrons. The molecule has 0 radical (unpaired) electrons. The van der Waals surface area contributed by atoms with Gasteiger partial charge in [0.15, 0.2) is 0 Å². The lowest BCUT2D eigenvalue weighted by Crippen LogP contribution is -2.09. The summed E-state index contributed by atoms with van der Waals surface area (Å²) in [5, 5.41) is 8.35. The summed E-state index contributed by atoms with van der Waals surface area (Å²) in [6.07, 6.45) is 2.23. The fourth-order valence-corrected chi connectivity index (χ4v) is 1.98. The van der Waals surface area contributed by atoms with Gasteiger partial charge in [-0.1, -0.05) is 5.21 Å². The molecule has 1 aliphatic rings. The molecule has 2 rings (SSSR count). The predicted molar refractivity (Wildman–Crippen MR) is 50.5 cm³/mol. The summed E-state index contributed by atoms with van der Waals surface area (Å²) in [5.41, 5.74) is 8.09. The van der Waals surface area contributed by atoms with Gasteiger partial charge in [-0.15, -0.1) is 5.10 Å². The van der Waals surface area contributed by atoms with Gasteiger partial charge in [-0.25, -0.2) is 4.68 Å². The summed E-state index contributed by atoms with van der Waals surface area (Å²) in [5.74, 6) is 0.447. The highest BCUT2D eigenvalue weighted by molar-refractivity contribution is 5.22. The Hall–Kier alpha value is -0.900. The number of rotatable bonds is 2. The minimum atomic E-state index is 0.410. The Morgan fingerprint density at radius 2 is 2.38 bits per heavy atom. The summed E-state index contributed by atoms with van der Waals surface area (Å²) in [7, 11) is 0. The molecule has 1 unspecified atom stereocenters. The number of hydrogen-bond donors (Lipinski definition) is 1. The number of fused-ring (bicyclic) bond motifs is 1. The zero-order valence-electron chi connectivity index (χ0n) is 8.20. The van der Waals surface area contributed by atoms with E-state index in [0.29, 0.717) is 18.5 Å². The van der Waals surface area contributed by atoms with Crippen LogP contribution in [0.3, 0.4) is 0 Å². The highest BCUT2D eigenvalue weighted by Crippen LogP contribution is 2.31. The standard InChI is InChI=1S/C9H16N4/c1-6(2)13-8-4-3-7(5-10)9(8)11-12-13/h6-7H,3-5,10H2,1-2H3. The molecule has 0 aliphatic heterocycles. The normalized spacial score (nSPS) is 21.1. The zero-order chi connectivity index (χ0) is 9.42. The van der Waals surface area contributed by atoms with Gasteiger partial charge in [0.2, 0.25) is 0 Å². The van der Waals surface area contributed by atoms with E-state index < -0.39 is 0 Å². The molecule has 0 bridgehead atoms. The fourth-order valence-electron chi connectivity index (χ4n) is 1.98. The lowest BCUT2D eigenvalue weighted by molar-refractivity contribution is 0.489. The molecule has 0 saturated heterocycles. The van der Waals surface area contributed by atoms with Crippen molar-refractivity contribution >= 4 is 0 Å². The van der Waals surface area contributed by atoms with Crippen LogP contribution in [-0.4, -0.2) is 21.5 Å². The van der Waals surface area contributed by atoms with Crippen molar-refractivity contribution in [3.8, 4) is 0 Å². The van der Waals surface area contributed by atoms with Crippen LogP contribution in [0.1, 0.15) is 43.6 Å². The maximum Gasteiger partial charge on any atom is 0.0902 e. The topological polar surface area (TPSA) is 56.7 Å². The first-order chi connectivity index (χ1) is 6.24. The van der Waals surface area contributed by atoms with Crippen molar-refractivity contribution in [1.29, 1.82) is 0 Å². The van der Waals surface area contributed by atoms with E-state index in [9.17, 15) is 0 Å². The van der Waals surface area contributed by atoms with Gasteiger partial charge in [0.05, 0.1) is 11.4 Å². The lowest BCUT2D eigenvalue weighted by atomic mass is 10.1. The van der Waals surface area contributed by atoms with Crippen LogP contribution in [0.4, 0.5) is 0 Å². The van der Waals surface area contributed by atoms with Crippen LogP contribution in [0, 0.1) is 0 Å². The van der Waals surface area contributed by atoms with Crippen LogP contribution in [0.15, 0.2) is 0 Å². The van der Waals surface area contributed by atoms with Crippen LogP contribution in [0.2, 0.25) is 0 Å². The fraction of sp³-hybridized carbons (Fsp3) is 0.778. The molecule has 4 nitrogen and oxygen atoms in total. The first kappa shape index (κ1) is 8.69. The molecule has 0 saturated carbocycles. The molecular formula is C9H16N4. The van der Waals surface area contributed by atoms with Crippen LogP contribution in [-0.2, 0) is 6.42 Å². The third-order valence-electron chi connectivity index (χ3n) is 2.71. The third-order valence-corrected chi connectivity index (χ3v) is 2.71. The molecule has 0 spiro atoms. The molecule has 0 fully saturated rings. The van der Waals surface area contributed by atoms with Gasteiger partial charge in [0.1, 0.15) is 0 Å². The molecule has 1 atom stereocenters. The highest BCUT2D eigenvalue weighted by Gasteiger charge is 2.27. The van der Waals surface area contributed by atoms with E-state index in [-0.39, 0.29) is 0 Å². The summed E-state index contributed by atoms with van der Waals surface area (Å²) < 4.78 is 2.02. The van der Waals surface area contributed by atoms with Gasteiger partial charge in [-0.05, 0) is 26.7 Å². The van der Waals surface area contributed by atoms with Crippen molar-refractivity contribution in [2.24, 2.45) is 5.73 Å². The number of nitrogens with two attached hydrogens (primary N) is 1. The van der Waals surface area contributed by atoms with E-state index in [1.165, 1.54) is 5.69 Å². The first-order valence-corrected chi connectivity index (χ1v) is 4.88. The smallest absolute Gasteiger partial charge is 0.0902 e. The first-order valence-electron chi connectivity index (χ1n) is 4.88. The summed E-state index contributed by atoms with van der Waals surface area (Å²) in [4.78, 5) is 0. The average molecular weight is 180 g/mol. The minimum Gasteiger partial charge on any atom is -0.330 e. The Morgan fingerprint density at radius 1 is 1.62 bits per heavy atom. The van der Waals surface area contributed by atoms with Crippen LogP contribution < -0.4 is 5.73 Å². The third kappa shape index (κ3) is 1.25. The van der Waals surface area contributed by atoms with E-state index >= 15 is 0 Å². The molecule has 13 heavy (non-hydrogen) atoms. The number of aromatic nitrogens is 3. The van der Waals surface area contributed by atoms with E-state index in [1.807, 2.05) is 4.68 Å². The van der Waals surface area contributed by atoms with Crippen molar-refractivity contribution in [2.75, 3.05) is 6.54 Å². The largest absolute Gasteiger partial charge is 0.330 e. The molecule has 1 aromatic heterocycles. The number of nitrogens with zero attached hydrogens (tertiary/aromatic N) is 3. The monoisotopic (exact) mass is 180 g/mol. The Kier molecular flexibility index (Phi) is 2.07. The molecular weight excluding hydrogens is 164 g/mol. The number of hydrogen-bond acceptors (Lipinski definition) is 3. The van der Waals surface area contributed by atoms with Gasteiger partial charge in [0, 0.05) is 18.5 Å². The van der Waals surface area contributed by atoms with Gasteiger partial charge in [0.25, 0.3) is 0 Å². The Morgan fingerprint density at radius 3 is 3.00 bits per heavy atom. The Balaban J connectivity index is 2.36. The van der Waals surface area contributed by atoms with Gasteiger partial charge < -0.3 is 5.73 Å². The van der Waals surface area contributed by atoms with Crippen molar-refractivity contribution < 1.29 is 0 Å². The summed E-state index contributed by atoms with van der Waals surface area (Å²) >= 11 is 0. The summed E-state index contributed by atoms with van der Waals surface area (Å²) in [6.45, 7) is 4.96. The molecule has 0 aromatic carbocycles. The molecule has 1 heterocycles. The molecule has 1 aliphatic carbocycles. The average Bonchev–Trinajstić information content (AvgIpc) is 2.61. The van der Waals surface area contributed by atoms with E-state index in [1.54, 1.807) is 0 Å². The maximum atomic E-state index is 5.66. The second kappa shape index (κ2) is 3.10. The zero-order valence-corrected chi connectivity index (χ0v) is 8.20. The second-order valence-electron chi connectivity index (χ2n) is 3.93. The molecule has 0 amide bonds. The maximum absolute atomic E-state index is 5.66. The van der Waals surface area contributed by atoms with Crippen molar-refractivity contribution in [3.05, 3.63) is 11.4 Å². The lowest BCUT2D eigenvalue weighted by Gasteiger charge is -2.06. The van der Waals surface area contributed by atoms with Gasteiger partial charge >= 0.3 is 0 Å². The van der Waals surface area contributed by atoms with Gasteiger partial charge in [-0.3, -0.25) is 0 Å². The van der Waals surface area contributed by atoms with Crippen molar-refractivity contribution in [1.82, 2.24) is 15.0 Å². The van der Waals surface area contributed by atoms with Crippen LogP contribution >= 0.6 is 0 Å². The minimum absolute atomic E-state index is 0.410.